The number of carbonyl (C=O) groups is 1. The normalized spacial score (nSPS) is 20.0. The molecule has 5 rings (SSSR count). The first-order chi connectivity index (χ1) is 13.5. The van der Waals surface area contributed by atoms with E-state index in [0.29, 0.717) is 52.4 Å². The molecule has 0 aromatic carbocycles. The number of rotatable bonds is 2. The lowest BCUT2D eigenvalue weighted by Crippen LogP contribution is -2.43. The minimum atomic E-state index is -1.60. The highest BCUT2D eigenvalue weighted by Crippen LogP contribution is 2.39. The number of Topliss-reactive ketones (excluding diaryl/α,β-unsaturated/α-hetero) is 1. The summed E-state index contributed by atoms with van der Waals surface area (Å²) in [5, 5.41) is 11.0. The first-order valence-corrected chi connectivity index (χ1v) is 9.34. The van der Waals surface area contributed by atoms with Crippen molar-refractivity contribution in [1.29, 1.82) is 0 Å². The molecule has 0 amide bonds. The van der Waals surface area contributed by atoms with E-state index in [2.05, 4.69) is 4.98 Å². The van der Waals surface area contributed by atoms with Crippen LogP contribution in [0.1, 0.15) is 36.5 Å². The van der Waals surface area contributed by atoms with Crippen LogP contribution in [0.5, 0.6) is 5.88 Å². The third-order valence-corrected chi connectivity index (χ3v) is 5.93. The van der Waals surface area contributed by atoms with Crippen LogP contribution >= 0.6 is 0 Å². The molecule has 0 fully saturated rings. The summed E-state index contributed by atoms with van der Waals surface area (Å²) in [4.78, 5) is 34.7. The van der Waals surface area contributed by atoms with E-state index in [4.69, 9.17) is 9.72 Å². The molecule has 1 N–H and O–H groups in total. The number of hydrogen-bond acceptors (Lipinski definition) is 6. The topological polar surface area (TPSA) is 94.3 Å². The molecule has 0 saturated heterocycles. The van der Waals surface area contributed by atoms with Gasteiger partial charge in [0.25, 0.3) is 5.56 Å². The van der Waals surface area contributed by atoms with E-state index in [1.54, 1.807) is 30.7 Å². The van der Waals surface area contributed by atoms with Crippen molar-refractivity contribution in [3.05, 3.63) is 51.3 Å². The largest absolute Gasteiger partial charge is 0.481 e. The van der Waals surface area contributed by atoms with Gasteiger partial charge in [0.1, 0.15) is 5.60 Å². The number of nitrogens with zero attached hydrogens (tertiary/aromatic N) is 3. The summed E-state index contributed by atoms with van der Waals surface area (Å²) in [6, 6.07) is 7.26. The highest BCUT2D eigenvalue weighted by Gasteiger charge is 2.43. The Kier molecular flexibility index (Phi) is 3.49. The van der Waals surface area contributed by atoms with Gasteiger partial charge in [0.2, 0.25) is 5.88 Å². The van der Waals surface area contributed by atoms with Gasteiger partial charge in [0.15, 0.2) is 5.78 Å². The fourth-order valence-corrected chi connectivity index (χ4v) is 4.34. The number of fused-ring (bicyclic) bond motifs is 5. The number of methoxy groups -OCH3 is 1. The number of ketones is 1. The summed E-state index contributed by atoms with van der Waals surface area (Å²) in [7, 11) is 1.56. The fraction of sp³-hybridized carbons (Fsp3) is 0.333. The van der Waals surface area contributed by atoms with Gasteiger partial charge in [-0.1, -0.05) is 6.92 Å². The molecule has 1 atom stereocenters. The van der Waals surface area contributed by atoms with Crippen molar-refractivity contribution in [2.45, 2.75) is 38.3 Å². The van der Waals surface area contributed by atoms with E-state index >= 15 is 0 Å². The van der Waals surface area contributed by atoms with Gasteiger partial charge < -0.3 is 14.4 Å². The second-order valence-corrected chi connectivity index (χ2v) is 7.34. The number of ether oxygens (including phenoxy) is 1. The van der Waals surface area contributed by atoms with Crippen LogP contribution in [0.15, 0.2) is 29.1 Å². The molecule has 0 unspecified atom stereocenters. The van der Waals surface area contributed by atoms with Crippen LogP contribution in [-0.2, 0) is 23.4 Å². The van der Waals surface area contributed by atoms with Gasteiger partial charge in [-0.2, -0.15) is 0 Å². The lowest BCUT2D eigenvalue weighted by Gasteiger charge is -2.32. The third kappa shape index (κ3) is 2.13. The highest BCUT2D eigenvalue weighted by molar-refractivity contribution is 5.91. The maximum Gasteiger partial charge on any atom is 0.254 e. The van der Waals surface area contributed by atoms with E-state index < -0.39 is 5.60 Å². The molecule has 1 aliphatic carbocycles. The minimum Gasteiger partial charge on any atom is -0.481 e. The Morgan fingerprint density at radius 1 is 1.18 bits per heavy atom. The Labute approximate surface area is 160 Å². The van der Waals surface area contributed by atoms with Crippen LogP contribution in [0.25, 0.3) is 22.4 Å². The Hall–Kier alpha value is -3.06. The van der Waals surface area contributed by atoms with Crippen LogP contribution in [-0.4, -0.2) is 32.5 Å². The summed E-state index contributed by atoms with van der Waals surface area (Å²) in [5.74, 6) is 0.275. The molecule has 7 nitrogen and oxygen atoms in total. The SMILES string of the molecule is CC[C@@]1(O)C(=O)CCc2c1cc1n(c2=O)Cc2cc3nc(OC)ccc3nc2-1. The molecule has 28 heavy (non-hydrogen) atoms. The number of hydrogen-bond donors (Lipinski definition) is 1. The lowest BCUT2D eigenvalue weighted by molar-refractivity contribution is -0.140. The van der Waals surface area contributed by atoms with Crippen LogP contribution in [0.3, 0.4) is 0 Å². The maximum atomic E-state index is 13.2. The molecule has 2 aliphatic rings. The molecular weight excluding hydrogens is 358 g/mol. The fourth-order valence-electron chi connectivity index (χ4n) is 4.34. The highest BCUT2D eigenvalue weighted by atomic mass is 16.5. The van der Waals surface area contributed by atoms with Crippen LogP contribution in [0.2, 0.25) is 0 Å². The average molecular weight is 377 g/mol. The molecule has 142 valence electrons. The predicted octanol–water partition coefficient (Wildman–Crippen LogP) is 1.94. The predicted molar refractivity (Wildman–Crippen MR) is 102 cm³/mol. The summed E-state index contributed by atoms with van der Waals surface area (Å²) >= 11 is 0. The zero-order chi connectivity index (χ0) is 19.6. The van der Waals surface area contributed by atoms with Gasteiger partial charge in [-0.15, -0.1) is 0 Å². The van der Waals surface area contributed by atoms with Crippen molar-refractivity contribution < 1.29 is 14.6 Å². The Bertz CT molecular complexity index is 1230. The van der Waals surface area contributed by atoms with Gasteiger partial charge >= 0.3 is 0 Å². The standard InChI is InChI=1S/C21H19N3O4/c1-3-21(27)13-9-16-19-11(8-15-14(23-19)5-7-18(22-15)28-2)10-24(16)20(26)12(13)4-6-17(21)25/h5,7-9,27H,3-4,6,10H2,1-2H3/t21-/m0/s1. The van der Waals surface area contributed by atoms with E-state index in [-0.39, 0.29) is 24.2 Å². The average Bonchev–Trinajstić information content (AvgIpc) is 3.07. The molecular formula is C21H19N3O4. The second-order valence-electron chi connectivity index (χ2n) is 7.34. The minimum absolute atomic E-state index is 0.153. The monoisotopic (exact) mass is 377 g/mol. The first kappa shape index (κ1) is 17.1. The first-order valence-electron chi connectivity index (χ1n) is 9.34. The summed E-state index contributed by atoms with van der Waals surface area (Å²) in [6.45, 7) is 2.16. The van der Waals surface area contributed by atoms with Crippen LogP contribution in [0.4, 0.5) is 0 Å². The van der Waals surface area contributed by atoms with Gasteiger partial charge in [-0.25, -0.2) is 9.97 Å². The third-order valence-electron chi connectivity index (χ3n) is 5.93. The number of pyridine rings is 3. The molecule has 3 aromatic rings. The molecule has 3 aromatic heterocycles. The van der Waals surface area contributed by atoms with Gasteiger partial charge in [-0.05, 0) is 31.0 Å². The van der Waals surface area contributed by atoms with Gasteiger partial charge in [-0.3, -0.25) is 9.59 Å². The quantitative estimate of drug-likeness (QED) is 0.574. The van der Waals surface area contributed by atoms with Crippen molar-refractivity contribution in [3.8, 4) is 17.3 Å². The van der Waals surface area contributed by atoms with E-state index in [9.17, 15) is 14.7 Å². The van der Waals surface area contributed by atoms with Crippen molar-refractivity contribution in [3.63, 3.8) is 0 Å². The van der Waals surface area contributed by atoms with E-state index in [1.165, 1.54) is 0 Å². The molecule has 0 radical (unpaired) electrons. The zero-order valence-electron chi connectivity index (χ0n) is 15.7. The Balaban J connectivity index is 1.76. The molecule has 0 bridgehead atoms. The van der Waals surface area contributed by atoms with Crippen LogP contribution < -0.4 is 10.3 Å². The second kappa shape index (κ2) is 5.72. The number of aliphatic hydroxyl groups is 1. The molecule has 4 heterocycles. The molecule has 0 spiro atoms. The van der Waals surface area contributed by atoms with Gasteiger partial charge in [0, 0.05) is 29.2 Å². The van der Waals surface area contributed by atoms with E-state index in [0.717, 1.165) is 5.56 Å². The Morgan fingerprint density at radius 3 is 2.75 bits per heavy atom. The zero-order valence-corrected chi connectivity index (χ0v) is 15.7. The number of carbonyl (C=O) groups excluding carboxylic acids is 1. The van der Waals surface area contributed by atoms with Crippen molar-refractivity contribution in [1.82, 2.24) is 14.5 Å². The van der Waals surface area contributed by atoms with Crippen molar-refractivity contribution in [2.75, 3.05) is 7.11 Å². The molecule has 7 heteroatoms. The summed E-state index contributed by atoms with van der Waals surface area (Å²) < 4.78 is 6.86. The molecule has 0 saturated carbocycles. The summed E-state index contributed by atoms with van der Waals surface area (Å²) in [6.07, 6.45) is 0.786. The van der Waals surface area contributed by atoms with E-state index in [1.807, 2.05) is 12.1 Å². The number of aromatic nitrogens is 3. The van der Waals surface area contributed by atoms with Crippen molar-refractivity contribution >= 4 is 16.8 Å². The lowest BCUT2D eigenvalue weighted by atomic mass is 9.77. The Morgan fingerprint density at radius 2 is 2.00 bits per heavy atom. The molecule has 1 aliphatic heterocycles. The van der Waals surface area contributed by atoms with Gasteiger partial charge in [0.05, 0.1) is 36.1 Å². The van der Waals surface area contributed by atoms with Crippen LogP contribution in [0, 0.1) is 0 Å². The maximum absolute atomic E-state index is 13.2. The summed E-state index contributed by atoms with van der Waals surface area (Å²) in [5.41, 5.74) is 2.82. The smallest absolute Gasteiger partial charge is 0.254 e. The van der Waals surface area contributed by atoms with Crippen molar-refractivity contribution in [2.24, 2.45) is 0 Å².